The van der Waals surface area contributed by atoms with Gasteiger partial charge in [-0.2, -0.15) is 0 Å². The number of aromatic nitrogens is 1. The number of hydrogen-bond donors (Lipinski definition) is 1. The molecule has 0 radical (unpaired) electrons. The van der Waals surface area contributed by atoms with E-state index in [1.54, 1.807) is 12.1 Å². The zero-order valence-electron chi connectivity index (χ0n) is 15.4. The van der Waals surface area contributed by atoms with Crippen LogP contribution in [0.3, 0.4) is 0 Å². The monoisotopic (exact) mass is 390 g/mol. The SMILES string of the molecule is C[C@@H]1CC2CC(OCc3c(-c4c(F)cccc4Cl)noc3C3CC3)CC1N2. The van der Waals surface area contributed by atoms with Crippen molar-refractivity contribution in [3.8, 4) is 11.3 Å². The Hall–Kier alpha value is -1.43. The predicted octanol–water partition coefficient (Wildman–Crippen LogP) is 5.06. The van der Waals surface area contributed by atoms with E-state index in [4.69, 9.17) is 20.9 Å². The zero-order valence-corrected chi connectivity index (χ0v) is 16.1. The van der Waals surface area contributed by atoms with Crippen LogP contribution in [-0.2, 0) is 11.3 Å². The van der Waals surface area contributed by atoms with Crippen molar-refractivity contribution in [3.05, 3.63) is 40.4 Å². The molecule has 2 aromatic rings. The molecule has 27 heavy (non-hydrogen) atoms. The number of benzene rings is 1. The second-order valence-corrected chi connectivity index (χ2v) is 8.74. The van der Waals surface area contributed by atoms with Gasteiger partial charge >= 0.3 is 0 Å². The first-order chi connectivity index (χ1) is 13.1. The van der Waals surface area contributed by atoms with E-state index < -0.39 is 0 Å². The number of nitrogens with zero attached hydrogens (tertiary/aromatic N) is 1. The maximum absolute atomic E-state index is 14.5. The summed E-state index contributed by atoms with van der Waals surface area (Å²) in [4.78, 5) is 0. The van der Waals surface area contributed by atoms with E-state index in [1.807, 2.05) is 0 Å². The van der Waals surface area contributed by atoms with Crippen LogP contribution in [0.4, 0.5) is 4.39 Å². The summed E-state index contributed by atoms with van der Waals surface area (Å²) < 4.78 is 26.4. The van der Waals surface area contributed by atoms with Crippen LogP contribution in [0.1, 0.15) is 56.3 Å². The third-order valence-corrected chi connectivity index (χ3v) is 6.60. The van der Waals surface area contributed by atoms with E-state index in [2.05, 4.69) is 17.4 Å². The van der Waals surface area contributed by atoms with E-state index in [0.717, 1.165) is 37.0 Å². The highest BCUT2D eigenvalue weighted by molar-refractivity contribution is 6.33. The molecular formula is C21H24ClFN2O2. The lowest BCUT2D eigenvalue weighted by Gasteiger charge is -2.29. The molecule has 2 saturated heterocycles. The summed E-state index contributed by atoms with van der Waals surface area (Å²) in [5, 5.41) is 8.22. The van der Waals surface area contributed by atoms with Crippen LogP contribution in [-0.4, -0.2) is 23.3 Å². The Labute approximate surface area is 163 Å². The molecule has 1 aliphatic carbocycles. The van der Waals surface area contributed by atoms with Crippen molar-refractivity contribution in [3.63, 3.8) is 0 Å². The largest absolute Gasteiger partial charge is 0.373 e. The van der Waals surface area contributed by atoms with E-state index in [0.29, 0.717) is 46.8 Å². The smallest absolute Gasteiger partial charge is 0.145 e. The van der Waals surface area contributed by atoms with Crippen LogP contribution in [0.15, 0.2) is 22.7 Å². The molecule has 0 amide bonds. The van der Waals surface area contributed by atoms with Gasteiger partial charge in [0.1, 0.15) is 17.3 Å². The van der Waals surface area contributed by atoms with E-state index in [1.165, 1.54) is 12.5 Å². The Morgan fingerprint density at radius 2 is 2.15 bits per heavy atom. The van der Waals surface area contributed by atoms with Crippen molar-refractivity contribution in [1.82, 2.24) is 10.5 Å². The number of piperidine rings is 1. The Morgan fingerprint density at radius 1 is 1.30 bits per heavy atom. The van der Waals surface area contributed by atoms with E-state index in [9.17, 15) is 4.39 Å². The molecule has 2 aliphatic heterocycles. The number of hydrogen-bond acceptors (Lipinski definition) is 4. The zero-order chi connectivity index (χ0) is 18.5. The van der Waals surface area contributed by atoms with Gasteiger partial charge in [0.25, 0.3) is 0 Å². The summed E-state index contributed by atoms with van der Waals surface area (Å²) in [6, 6.07) is 5.78. The second kappa shape index (κ2) is 6.87. The molecule has 0 spiro atoms. The topological polar surface area (TPSA) is 47.3 Å². The molecule has 1 saturated carbocycles. The number of halogens is 2. The first-order valence-electron chi connectivity index (χ1n) is 9.90. The van der Waals surface area contributed by atoms with Crippen LogP contribution < -0.4 is 5.32 Å². The molecular weight excluding hydrogens is 367 g/mol. The number of fused-ring (bicyclic) bond motifs is 2. The van der Waals surface area contributed by atoms with Gasteiger partial charge < -0.3 is 14.6 Å². The average Bonchev–Trinajstić information content (AvgIpc) is 3.35. The minimum Gasteiger partial charge on any atom is -0.373 e. The molecule has 3 aliphatic rings. The fourth-order valence-corrected chi connectivity index (χ4v) is 4.95. The van der Waals surface area contributed by atoms with Gasteiger partial charge in [-0.15, -0.1) is 0 Å². The van der Waals surface area contributed by atoms with Gasteiger partial charge in [0.15, 0.2) is 0 Å². The maximum Gasteiger partial charge on any atom is 0.145 e. The van der Waals surface area contributed by atoms with Crippen molar-refractivity contribution in [1.29, 1.82) is 0 Å². The Kier molecular flexibility index (Phi) is 4.49. The fraction of sp³-hybridized carbons (Fsp3) is 0.571. The van der Waals surface area contributed by atoms with Gasteiger partial charge in [-0.05, 0) is 50.2 Å². The highest BCUT2D eigenvalue weighted by Gasteiger charge is 2.39. The molecule has 144 valence electrons. The third kappa shape index (κ3) is 3.30. The molecule has 1 N–H and O–H groups in total. The fourth-order valence-electron chi connectivity index (χ4n) is 4.70. The van der Waals surface area contributed by atoms with Crippen molar-refractivity contribution >= 4 is 11.6 Å². The highest BCUT2D eigenvalue weighted by atomic mass is 35.5. The molecule has 1 aromatic carbocycles. The molecule has 3 heterocycles. The lowest BCUT2D eigenvalue weighted by Crippen LogP contribution is -2.42. The highest BCUT2D eigenvalue weighted by Crippen LogP contribution is 2.45. The minimum atomic E-state index is -0.381. The summed E-state index contributed by atoms with van der Waals surface area (Å²) in [5.74, 6) is 1.54. The molecule has 4 atom stereocenters. The first-order valence-corrected chi connectivity index (χ1v) is 10.3. The second-order valence-electron chi connectivity index (χ2n) is 8.33. The van der Waals surface area contributed by atoms with E-state index in [-0.39, 0.29) is 11.9 Å². The van der Waals surface area contributed by atoms with Crippen molar-refractivity contribution in [2.75, 3.05) is 0 Å². The summed E-state index contributed by atoms with van der Waals surface area (Å²) in [5.41, 5.74) is 1.67. The number of rotatable bonds is 5. The maximum atomic E-state index is 14.5. The van der Waals surface area contributed by atoms with Gasteiger partial charge in [-0.1, -0.05) is 29.7 Å². The average molecular weight is 391 g/mol. The quantitative estimate of drug-likeness (QED) is 0.775. The molecule has 4 nitrogen and oxygen atoms in total. The van der Waals surface area contributed by atoms with Crippen molar-refractivity contribution in [2.24, 2.45) is 5.92 Å². The lowest BCUT2D eigenvalue weighted by atomic mass is 9.99. The lowest BCUT2D eigenvalue weighted by molar-refractivity contribution is 0.00740. The van der Waals surface area contributed by atoms with Gasteiger partial charge in [-0.3, -0.25) is 0 Å². The Balaban J connectivity index is 1.41. The van der Waals surface area contributed by atoms with Crippen molar-refractivity contribution in [2.45, 2.75) is 69.7 Å². The van der Waals surface area contributed by atoms with Crippen LogP contribution in [0.5, 0.6) is 0 Å². The van der Waals surface area contributed by atoms with Crippen molar-refractivity contribution < 1.29 is 13.7 Å². The van der Waals surface area contributed by atoms with Gasteiger partial charge in [-0.25, -0.2) is 4.39 Å². The summed E-state index contributed by atoms with van der Waals surface area (Å²) in [7, 11) is 0. The van der Waals surface area contributed by atoms with Gasteiger partial charge in [0, 0.05) is 23.6 Å². The third-order valence-electron chi connectivity index (χ3n) is 6.29. The Morgan fingerprint density at radius 3 is 2.89 bits per heavy atom. The van der Waals surface area contributed by atoms with Crippen LogP contribution in [0.2, 0.25) is 5.02 Å². The first kappa shape index (κ1) is 17.7. The van der Waals surface area contributed by atoms with Crippen LogP contribution in [0.25, 0.3) is 11.3 Å². The van der Waals surface area contributed by atoms with E-state index >= 15 is 0 Å². The van der Waals surface area contributed by atoms with Gasteiger partial charge in [0.2, 0.25) is 0 Å². The normalized spacial score (nSPS) is 30.0. The predicted molar refractivity (Wildman–Crippen MR) is 101 cm³/mol. The molecule has 3 unspecified atom stereocenters. The summed E-state index contributed by atoms with van der Waals surface area (Å²) in [6.45, 7) is 2.71. The standard InChI is InChI=1S/C21H24ClFN2O2/c1-11-7-13-8-14(9-18(11)24-13)26-10-15-20(25-27-21(15)12-5-6-12)19-16(22)3-2-4-17(19)23/h2-4,11-14,18,24H,5-10H2,1H3/t11-,13?,14?,18?/m1/s1. The van der Waals surface area contributed by atoms with Gasteiger partial charge in [0.05, 0.1) is 23.3 Å². The molecule has 2 bridgehead atoms. The van der Waals surface area contributed by atoms with Crippen LogP contribution >= 0.6 is 11.6 Å². The molecule has 1 aromatic heterocycles. The minimum absolute atomic E-state index is 0.220. The molecule has 6 heteroatoms. The number of ether oxygens (including phenoxy) is 1. The molecule has 5 rings (SSSR count). The summed E-state index contributed by atoms with van der Waals surface area (Å²) in [6.07, 6.45) is 5.67. The van der Waals surface area contributed by atoms with Crippen LogP contribution in [0, 0.1) is 11.7 Å². The molecule has 3 fully saturated rings. The number of nitrogens with one attached hydrogen (secondary N) is 1. The Bertz CT molecular complexity index is 828. The summed E-state index contributed by atoms with van der Waals surface area (Å²) >= 11 is 6.28.